The second-order valence-corrected chi connectivity index (χ2v) is 6.28. The molecule has 1 aromatic heterocycles. The molecule has 1 aromatic carbocycles. The molecule has 1 nitrogen and oxygen atoms in total. The van der Waals surface area contributed by atoms with E-state index >= 15 is 0 Å². The minimum absolute atomic E-state index is 0.0775. The molecule has 0 saturated heterocycles. The van der Waals surface area contributed by atoms with Gasteiger partial charge in [-0.25, -0.2) is 8.78 Å². The third-order valence-electron chi connectivity index (χ3n) is 3.55. The van der Waals surface area contributed by atoms with E-state index in [4.69, 9.17) is 0 Å². The Hall–Kier alpha value is -1.26. The predicted molar refractivity (Wildman–Crippen MR) is 84.8 cm³/mol. The molecular formula is C17H21F2NS. The van der Waals surface area contributed by atoms with Crippen molar-refractivity contribution in [3.8, 4) is 0 Å². The number of rotatable bonds is 7. The fourth-order valence-electron chi connectivity index (χ4n) is 2.37. The van der Waals surface area contributed by atoms with Crippen LogP contribution in [0.4, 0.5) is 8.78 Å². The molecule has 0 aliphatic heterocycles. The van der Waals surface area contributed by atoms with Gasteiger partial charge < -0.3 is 5.32 Å². The summed E-state index contributed by atoms with van der Waals surface area (Å²) in [5.41, 5.74) is 1.06. The third-order valence-corrected chi connectivity index (χ3v) is 4.49. The summed E-state index contributed by atoms with van der Waals surface area (Å²) in [6.07, 6.45) is 2.69. The molecule has 2 aromatic rings. The summed E-state index contributed by atoms with van der Waals surface area (Å²) >= 11 is 1.71. The summed E-state index contributed by atoms with van der Waals surface area (Å²) in [7, 11) is 0. The lowest BCUT2D eigenvalue weighted by Gasteiger charge is -2.20. The molecule has 0 bridgehead atoms. The van der Waals surface area contributed by atoms with Crippen LogP contribution in [0.2, 0.25) is 0 Å². The Morgan fingerprint density at radius 3 is 2.71 bits per heavy atom. The minimum atomic E-state index is -0.483. The molecule has 4 heteroatoms. The number of halogens is 2. The topological polar surface area (TPSA) is 12.0 Å². The number of hydrogen-bond acceptors (Lipinski definition) is 2. The van der Waals surface area contributed by atoms with Crippen LogP contribution in [-0.4, -0.2) is 6.54 Å². The number of aryl methyl sites for hydroxylation is 2. The minimum Gasteiger partial charge on any atom is -0.310 e. The van der Waals surface area contributed by atoms with Crippen LogP contribution in [0.3, 0.4) is 0 Å². The van der Waals surface area contributed by atoms with Crippen molar-refractivity contribution in [1.82, 2.24) is 5.32 Å². The first-order valence-electron chi connectivity index (χ1n) is 7.33. The average molecular weight is 309 g/mol. The van der Waals surface area contributed by atoms with Gasteiger partial charge in [0.2, 0.25) is 0 Å². The second kappa shape index (κ2) is 7.66. The predicted octanol–water partition coefficient (Wildman–Crippen LogP) is 5.01. The number of hydrogen-bond donors (Lipinski definition) is 1. The van der Waals surface area contributed by atoms with Crippen LogP contribution < -0.4 is 5.32 Å². The Morgan fingerprint density at radius 1 is 1.24 bits per heavy atom. The van der Waals surface area contributed by atoms with Crippen molar-refractivity contribution in [3.05, 3.63) is 57.3 Å². The molecule has 0 fully saturated rings. The summed E-state index contributed by atoms with van der Waals surface area (Å²) in [4.78, 5) is 1.29. The third kappa shape index (κ3) is 4.35. The molecule has 1 N–H and O–H groups in total. The van der Waals surface area contributed by atoms with E-state index in [1.54, 1.807) is 24.3 Å². The lowest BCUT2D eigenvalue weighted by atomic mass is 9.98. The van der Waals surface area contributed by atoms with E-state index in [0.717, 1.165) is 31.9 Å². The summed E-state index contributed by atoms with van der Waals surface area (Å²) in [5, 5.41) is 5.43. The molecule has 0 spiro atoms. The van der Waals surface area contributed by atoms with Gasteiger partial charge in [0.15, 0.2) is 0 Å². The van der Waals surface area contributed by atoms with Crippen molar-refractivity contribution >= 4 is 11.3 Å². The first-order chi connectivity index (χ1) is 10.1. The van der Waals surface area contributed by atoms with E-state index in [0.29, 0.717) is 11.1 Å². The monoisotopic (exact) mass is 309 g/mol. The van der Waals surface area contributed by atoms with Gasteiger partial charge in [-0.15, -0.1) is 11.3 Å². The fraction of sp³-hybridized carbons (Fsp3) is 0.412. The Morgan fingerprint density at radius 2 is 2.05 bits per heavy atom. The number of benzene rings is 1. The molecule has 0 aliphatic rings. The molecule has 0 radical (unpaired) electrons. The first kappa shape index (κ1) is 16.1. The zero-order valence-corrected chi connectivity index (χ0v) is 13.3. The molecule has 1 unspecified atom stereocenters. The molecule has 114 valence electrons. The average Bonchev–Trinajstić information content (AvgIpc) is 2.97. The van der Waals surface area contributed by atoms with E-state index < -0.39 is 11.6 Å². The van der Waals surface area contributed by atoms with Crippen molar-refractivity contribution in [3.63, 3.8) is 0 Å². The molecule has 2 rings (SSSR count). The second-order valence-electron chi connectivity index (χ2n) is 5.25. The highest BCUT2D eigenvalue weighted by Gasteiger charge is 2.17. The van der Waals surface area contributed by atoms with Crippen LogP contribution in [0.5, 0.6) is 0 Å². The van der Waals surface area contributed by atoms with E-state index in [1.807, 2.05) is 11.4 Å². The van der Waals surface area contributed by atoms with Crippen LogP contribution in [-0.2, 0) is 6.42 Å². The van der Waals surface area contributed by atoms with Crippen LogP contribution in [0.25, 0.3) is 0 Å². The molecule has 0 aliphatic carbocycles. The van der Waals surface area contributed by atoms with Crippen molar-refractivity contribution in [2.24, 2.45) is 0 Å². The molecule has 0 amide bonds. The maximum absolute atomic E-state index is 14.1. The van der Waals surface area contributed by atoms with Crippen LogP contribution in [0.15, 0.2) is 29.6 Å². The highest BCUT2D eigenvalue weighted by atomic mass is 32.1. The van der Waals surface area contributed by atoms with Crippen molar-refractivity contribution in [2.75, 3.05) is 6.54 Å². The van der Waals surface area contributed by atoms with Gasteiger partial charge in [-0.1, -0.05) is 13.0 Å². The quantitative estimate of drug-likeness (QED) is 0.758. The number of thiophene rings is 1. The standard InChI is InChI=1S/C17H21F2NS/c1-3-8-20-17(7-6-13-5-4-9-21-13)14-10-12(2)15(18)11-16(14)19/h4-5,9-11,17,20H,3,6-8H2,1-2H3. The maximum Gasteiger partial charge on any atom is 0.130 e. The lowest BCUT2D eigenvalue weighted by Crippen LogP contribution is -2.24. The lowest BCUT2D eigenvalue weighted by molar-refractivity contribution is 0.469. The summed E-state index contributed by atoms with van der Waals surface area (Å²) in [6.45, 7) is 4.58. The smallest absolute Gasteiger partial charge is 0.130 e. The van der Waals surface area contributed by atoms with Gasteiger partial charge in [-0.3, -0.25) is 0 Å². The van der Waals surface area contributed by atoms with Gasteiger partial charge >= 0.3 is 0 Å². The SMILES string of the molecule is CCCNC(CCc1cccs1)c1cc(C)c(F)cc1F. The number of nitrogens with one attached hydrogen (secondary N) is 1. The zero-order chi connectivity index (χ0) is 15.2. The van der Waals surface area contributed by atoms with Gasteiger partial charge in [0, 0.05) is 22.5 Å². The fourth-order valence-corrected chi connectivity index (χ4v) is 3.10. The summed E-state index contributed by atoms with van der Waals surface area (Å²) in [5.74, 6) is -0.943. The largest absolute Gasteiger partial charge is 0.310 e. The van der Waals surface area contributed by atoms with E-state index in [2.05, 4.69) is 18.3 Å². The zero-order valence-electron chi connectivity index (χ0n) is 12.5. The normalized spacial score (nSPS) is 12.6. The Labute approximate surface area is 129 Å². The Balaban J connectivity index is 2.16. The van der Waals surface area contributed by atoms with E-state index in [1.165, 1.54) is 4.88 Å². The van der Waals surface area contributed by atoms with E-state index in [-0.39, 0.29) is 6.04 Å². The van der Waals surface area contributed by atoms with Crippen LogP contribution >= 0.6 is 11.3 Å². The highest BCUT2D eigenvalue weighted by molar-refractivity contribution is 7.09. The molecular weight excluding hydrogens is 288 g/mol. The van der Waals surface area contributed by atoms with Crippen molar-refractivity contribution < 1.29 is 8.78 Å². The summed E-state index contributed by atoms with van der Waals surface area (Å²) in [6, 6.07) is 6.67. The van der Waals surface area contributed by atoms with Gasteiger partial charge in [-0.05, 0) is 55.8 Å². The Bertz CT molecular complexity index is 566. The van der Waals surface area contributed by atoms with Gasteiger partial charge in [0.1, 0.15) is 11.6 Å². The molecule has 1 atom stereocenters. The van der Waals surface area contributed by atoms with Gasteiger partial charge in [0.05, 0.1) is 0 Å². The molecule has 21 heavy (non-hydrogen) atoms. The van der Waals surface area contributed by atoms with Crippen LogP contribution in [0, 0.1) is 18.6 Å². The first-order valence-corrected chi connectivity index (χ1v) is 8.21. The molecule has 0 saturated carbocycles. The Kier molecular flexibility index (Phi) is 5.88. The van der Waals surface area contributed by atoms with Crippen molar-refractivity contribution in [1.29, 1.82) is 0 Å². The van der Waals surface area contributed by atoms with Crippen molar-refractivity contribution in [2.45, 2.75) is 39.2 Å². The van der Waals surface area contributed by atoms with Crippen LogP contribution in [0.1, 0.15) is 41.8 Å². The molecule has 1 heterocycles. The van der Waals surface area contributed by atoms with E-state index in [9.17, 15) is 8.78 Å². The summed E-state index contributed by atoms with van der Waals surface area (Å²) < 4.78 is 27.5. The highest BCUT2D eigenvalue weighted by Crippen LogP contribution is 2.25. The maximum atomic E-state index is 14.1. The van der Waals surface area contributed by atoms with Gasteiger partial charge in [-0.2, -0.15) is 0 Å². The van der Waals surface area contributed by atoms with Gasteiger partial charge in [0.25, 0.3) is 0 Å².